The van der Waals surface area contributed by atoms with E-state index in [9.17, 15) is 19.1 Å². The maximum atomic E-state index is 13.3. The number of ether oxygens (including phenoxy) is 2. The second kappa shape index (κ2) is 10.1. The molecule has 1 amide bonds. The topological polar surface area (TPSA) is 84.9 Å². The van der Waals surface area contributed by atoms with Gasteiger partial charge in [-0.1, -0.05) is 36.4 Å². The van der Waals surface area contributed by atoms with Gasteiger partial charge in [-0.3, -0.25) is 4.79 Å². The molecule has 0 unspecified atom stereocenters. The number of carboxylic acid groups (broad SMARTS) is 1. The maximum Gasteiger partial charge on any atom is 0.352 e. The Morgan fingerprint density at radius 3 is 2.45 bits per heavy atom. The molecule has 3 aromatic carbocycles. The molecule has 7 heteroatoms. The first-order valence-electron chi connectivity index (χ1n) is 9.33. The largest absolute Gasteiger partial charge is 0.493 e. The Morgan fingerprint density at radius 2 is 1.77 bits per heavy atom. The molecule has 0 fully saturated rings. The highest BCUT2D eigenvalue weighted by molar-refractivity contribution is 6.02. The van der Waals surface area contributed by atoms with Gasteiger partial charge in [-0.25, -0.2) is 9.18 Å². The van der Waals surface area contributed by atoms with Crippen LogP contribution in [0.3, 0.4) is 0 Å². The summed E-state index contributed by atoms with van der Waals surface area (Å²) in [6.45, 7) is 0.136. The average Bonchev–Trinajstić information content (AvgIpc) is 2.78. The molecule has 0 saturated carbocycles. The van der Waals surface area contributed by atoms with Crippen molar-refractivity contribution in [2.45, 2.75) is 6.61 Å². The monoisotopic (exact) mass is 421 g/mol. The van der Waals surface area contributed by atoms with Crippen LogP contribution >= 0.6 is 0 Å². The van der Waals surface area contributed by atoms with E-state index < -0.39 is 11.9 Å². The van der Waals surface area contributed by atoms with Gasteiger partial charge in [0.05, 0.1) is 7.11 Å². The summed E-state index contributed by atoms with van der Waals surface area (Å²) in [5, 5.41) is 11.9. The number of benzene rings is 3. The normalized spacial score (nSPS) is 11.0. The van der Waals surface area contributed by atoms with Crippen molar-refractivity contribution in [3.05, 3.63) is 101 Å². The third-order valence-corrected chi connectivity index (χ3v) is 4.30. The third-order valence-electron chi connectivity index (χ3n) is 4.30. The minimum atomic E-state index is -1.28. The van der Waals surface area contributed by atoms with Crippen molar-refractivity contribution in [3.8, 4) is 11.5 Å². The minimum absolute atomic E-state index is 0.136. The van der Waals surface area contributed by atoms with Crippen molar-refractivity contribution in [1.82, 2.24) is 5.32 Å². The fraction of sp³-hybridized carbons (Fsp3) is 0.0833. The van der Waals surface area contributed by atoms with Crippen LogP contribution in [0.5, 0.6) is 11.5 Å². The lowest BCUT2D eigenvalue weighted by atomic mass is 10.1. The average molecular weight is 421 g/mol. The Hall–Kier alpha value is -4.13. The summed E-state index contributed by atoms with van der Waals surface area (Å²) in [6, 6.07) is 19.2. The molecule has 6 nitrogen and oxygen atoms in total. The summed E-state index contributed by atoms with van der Waals surface area (Å²) in [7, 11) is 1.45. The Morgan fingerprint density at radius 1 is 1.00 bits per heavy atom. The molecule has 158 valence electrons. The highest BCUT2D eigenvalue weighted by atomic mass is 19.1. The number of methoxy groups -OCH3 is 1. The van der Waals surface area contributed by atoms with Crippen LogP contribution in [0.15, 0.2) is 78.5 Å². The van der Waals surface area contributed by atoms with Crippen molar-refractivity contribution in [3.63, 3.8) is 0 Å². The molecule has 0 aliphatic heterocycles. The van der Waals surface area contributed by atoms with Gasteiger partial charge < -0.3 is 19.9 Å². The van der Waals surface area contributed by atoms with E-state index in [1.54, 1.807) is 60.7 Å². The number of nitrogens with one attached hydrogen (secondary N) is 1. The van der Waals surface area contributed by atoms with Gasteiger partial charge in [-0.2, -0.15) is 0 Å². The molecule has 2 N–H and O–H groups in total. The first kappa shape index (κ1) is 21.6. The second-order valence-electron chi connectivity index (χ2n) is 6.51. The number of hydrogen-bond donors (Lipinski definition) is 2. The molecule has 0 aromatic heterocycles. The van der Waals surface area contributed by atoms with E-state index in [1.165, 1.54) is 25.3 Å². The van der Waals surface area contributed by atoms with E-state index in [2.05, 4.69) is 5.32 Å². The number of carbonyl (C=O) groups excluding carboxylic acids is 1. The quantitative estimate of drug-likeness (QED) is 0.531. The fourth-order valence-corrected chi connectivity index (χ4v) is 2.78. The summed E-state index contributed by atoms with van der Waals surface area (Å²) in [4.78, 5) is 23.9. The predicted molar refractivity (Wildman–Crippen MR) is 113 cm³/mol. The molecule has 0 heterocycles. The molecule has 31 heavy (non-hydrogen) atoms. The smallest absolute Gasteiger partial charge is 0.352 e. The highest BCUT2D eigenvalue weighted by Crippen LogP contribution is 2.29. The van der Waals surface area contributed by atoms with Crippen LogP contribution in [0.1, 0.15) is 21.5 Å². The van der Waals surface area contributed by atoms with Crippen molar-refractivity contribution in [1.29, 1.82) is 0 Å². The molecule has 0 bridgehead atoms. The number of rotatable bonds is 8. The molecule has 0 aliphatic carbocycles. The standard InChI is InChI=1S/C24H20FNO5/c1-30-22-14-16(10-11-21(22)31-15-17-6-5-9-19(25)12-17)13-20(24(28)29)26-23(27)18-7-3-2-4-8-18/h2-14H,15H2,1H3,(H,26,27)(H,28,29)/b20-13+. The lowest BCUT2D eigenvalue weighted by molar-refractivity contribution is -0.132. The molecule has 0 atom stereocenters. The number of amides is 1. The van der Waals surface area contributed by atoms with Crippen molar-refractivity contribution in [2.24, 2.45) is 0 Å². The Balaban J connectivity index is 1.78. The minimum Gasteiger partial charge on any atom is -0.493 e. The van der Waals surface area contributed by atoms with E-state index in [4.69, 9.17) is 9.47 Å². The lowest BCUT2D eigenvalue weighted by Crippen LogP contribution is -2.27. The molecule has 0 saturated heterocycles. The summed E-state index contributed by atoms with van der Waals surface area (Å²) in [5.41, 5.74) is 1.20. The zero-order valence-electron chi connectivity index (χ0n) is 16.7. The SMILES string of the molecule is COc1cc(/C=C(/NC(=O)c2ccccc2)C(=O)O)ccc1OCc1cccc(F)c1. The number of hydrogen-bond acceptors (Lipinski definition) is 4. The Labute approximate surface area is 178 Å². The molecular weight excluding hydrogens is 401 g/mol. The second-order valence-corrected chi connectivity index (χ2v) is 6.51. The van der Waals surface area contributed by atoms with Gasteiger partial charge in [0.15, 0.2) is 11.5 Å². The van der Waals surface area contributed by atoms with Crippen LogP contribution in [-0.4, -0.2) is 24.1 Å². The van der Waals surface area contributed by atoms with E-state index in [1.807, 2.05) is 0 Å². The fourth-order valence-electron chi connectivity index (χ4n) is 2.78. The van der Waals surface area contributed by atoms with Gasteiger partial charge >= 0.3 is 5.97 Å². The maximum absolute atomic E-state index is 13.3. The number of aliphatic carboxylic acids is 1. The van der Waals surface area contributed by atoms with E-state index >= 15 is 0 Å². The number of halogens is 1. The van der Waals surface area contributed by atoms with Gasteiger partial charge in [0.2, 0.25) is 0 Å². The van der Waals surface area contributed by atoms with Crippen LogP contribution in [0, 0.1) is 5.82 Å². The molecule has 0 aliphatic rings. The van der Waals surface area contributed by atoms with Gasteiger partial charge in [-0.05, 0) is 53.6 Å². The molecular formula is C24H20FNO5. The Bertz CT molecular complexity index is 1110. The van der Waals surface area contributed by atoms with Crippen LogP contribution < -0.4 is 14.8 Å². The summed E-state index contributed by atoms with van der Waals surface area (Å²) in [6.07, 6.45) is 1.32. The lowest BCUT2D eigenvalue weighted by Gasteiger charge is -2.12. The molecule has 3 rings (SSSR count). The molecule has 0 radical (unpaired) electrons. The first-order chi connectivity index (χ1) is 15.0. The Kier molecular flexibility index (Phi) is 7.01. The molecule has 0 spiro atoms. The van der Waals surface area contributed by atoms with Gasteiger partial charge in [0, 0.05) is 5.56 Å². The van der Waals surface area contributed by atoms with Gasteiger partial charge in [0.25, 0.3) is 5.91 Å². The first-order valence-corrected chi connectivity index (χ1v) is 9.33. The number of carbonyl (C=O) groups is 2. The summed E-state index contributed by atoms with van der Waals surface area (Å²) >= 11 is 0. The summed E-state index contributed by atoms with van der Waals surface area (Å²) in [5.74, 6) is -1.39. The van der Waals surface area contributed by atoms with Crippen LogP contribution in [0.2, 0.25) is 0 Å². The van der Waals surface area contributed by atoms with Crippen molar-refractivity contribution < 1.29 is 28.6 Å². The van der Waals surface area contributed by atoms with E-state index in [-0.39, 0.29) is 18.1 Å². The van der Waals surface area contributed by atoms with Gasteiger partial charge in [-0.15, -0.1) is 0 Å². The highest BCUT2D eigenvalue weighted by Gasteiger charge is 2.14. The predicted octanol–water partition coefficient (Wildman–Crippen LogP) is 4.27. The molecule has 3 aromatic rings. The van der Waals surface area contributed by atoms with Crippen LogP contribution in [-0.2, 0) is 11.4 Å². The van der Waals surface area contributed by atoms with E-state index in [0.29, 0.717) is 28.2 Å². The van der Waals surface area contributed by atoms with E-state index in [0.717, 1.165) is 0 Å². The van der Waals surface area contributed by atoms with Crippen LogP contribution in [0.25, 0.3) is 6.08 Å². The van der Waals surface area contributed by atoms with Crippen LogP contribution in [0.4, 0.5) is 4.39 Å². The van der Waals surface area contributed by atoms with Gasteiger partial charge in [0.1, 0.15) is 18.1 Å². The number of carboxylic acids is 1. The zero-order chi connectivity index (χ0) is 22.2. The van der Waals surface area contributed by atoms with Crippen molar-refractivity contribution >= 4 is 18.0 Å². The third kappa shape index (κ3) is 5.93. The summed E-state index contributed by atoms with van der Waals surface area (Å²) < 4.78 is 24.3. The zero-order valence-corrected chi connectivity index (χ0v) is 16.7. The van der Waals surface area contributed by atoms with Crippen molar-refractivity contribution in [2.75, 3.05) is 7.11 Å².